The van der Waals surface area contributed by atoms with E-state index in [4.69, 9.17) is 0 Å². The zero-order chi connectivity index (χ0) is 18.8. The summed E-state index contributed by atoms with van der Waals surface area (Å²) < 4.78 is 0. The average molecular weight is 328 g/mol. The van der Waals surface area contributed by atoms with Gasteiger partial charge < -0.3 is 0 Å². The summed E-state index contributed by atoms with van der Waals surface area (Å²) in [5.41, 5.74) is 5.45. The molecule has 1 nitrogen and oxygen atoms in total. The van der Waals surface area contributed by atoms with E-state index in [9.17, 15) is 0 Å². The van der Waals surface area contributed by atoms with E-state index >= 15 is 0 Å². The molecular formula is C23H37N. The maximum Gasteiger partial charge on any atom is 0.0349 e. The molecule has 0 saturated heterocycles. The molecule has 0 aliphatic carbocycles. The smallest absolute Gasteiger partial charge is 0.0349 e. The van der Waals surface area contributed by atoms with Crippen LogP contribution in [-0.2, 0) is 5.41 Å². The molecular weight excluding hydrogens is 290 g/mol. The molecule has 24 heavy (non-hydrogen) atoms. The molecule has 1 heterocycles. The van der Waals surface area contributed by atoms with E-state index in [1.54, 1.807) is 0 Å². The first kappa shape index (κ1) is 22.4. The molecule has 0 amide bonds. The summed E-state index contributed by atoms with van der Waals surface area (Å²) in [5, 5.41) is 0. The molecule has 134 valence electrons. The van der Waals surface area contributed by atoms with Crippen molar-refractivity contribution in [2.75, 3.05) is 0 Å². The van der Waals surface area contributed by atoms with Crippen LogP contribution in [0.25, 0.3) is 11.1 Å². The van der Waals surface area contributed by atoms with Crippen LogP contribution in [0.5, 0.6) is 0 Å². The summed E-state index contributed by atoms with van der Waals surface area (Å²) in [6.07, 6.45) is 5.03. The number of aromatic nitrogens is 1. The average Bonchev–Trinajstić information content (AvgIpc) is 2.58. The molecule has 1 aromatic heterocycles. The van der Waals surface area contributed by atoms with E-state index < -0.39 is 0 Å². The van der Waals surface area contributed by atoms with Crippen LogP contribution in [0.15, 0.2) is 42.7 Å². The molecule has 0 aliphatic heterocycles. The van der Waals surface area contributed by atoms with Gasteiger partial charge in [0.05, 0.1) is 0 Å². The molecule has 0 unspecified atom stereocenters. The van der Waals surface area contributed by atoms with Crippen LogP contribution in [0, 0.1) is 12.8 Å². The molecule has 0 fully saturated rings. The van der Waals surface area contributed by atoms with Gasteiger partial charge in [-0.05, 0) is 47.4 Å². The Balaban J connectivity index is 0.00000123. The first-order chi connectivity index (χ1) is 11.4. The van der Waals surface area contributed by atoms with Crippen LogP contribution in [-0.4, -0.2) is 4.98 Å². The van der Waals surface area contributed by atoms with Gasteiger partial charge in [-0.2, -0.15) is 0 Å². The number of nitrogens with zero attached hydrogens (tertiary/aromatic N) is 1. The Labute approximate surface area is 150 Å². The largest absolute Gasteiger partial charge is 0.264 e. The molecule has 0 saturated carbocycles. The van der Waals surface area contributed by atoms with Gasteiger partial charge in [-0.3, -0.25) is 4.98 Å². The zero-order valence-corrected chi connectivity index (χ0v) is 17.3. The Bertz CT molecular complexity index is 582. The number of rotatable bonds is 4. The van der Waals surface area contributed by atoms with Gasteiger partial charge in [-0.1, -0.05) is 79.7 Å². The lowest BCUT2D eigenvalue weighted by molar-refractivity contribution is 0.400. The molecule has 0 bridgehead atoms. The predicted octanol–water partition coefficient (Wildman–Crippen LogP) is 7.43. The van der Waals surface area contributed by atoms with Crippen molar-refractivity contribution in [1.29, 1.82) is 0 Å². The van der Waals surface area contributed by atoms with Crippen molar-refractivity contribution in [2.45, 2.75) is 74.1 Å². The summed E-state index contributed by atoms with van der Waals surface area (Å²) in [4.78, 5) is 4.31. The van der Waals surface area contributed by atoms with Gasteiger partial charge in [0.25, 0.3) is 0 Å². The Morgan fingerprint density at radius 3 is 2.04 bits per heavy atom. The van der Waals surface area contributed by atoms with Crippen molar-refractivity contribution < 1.29 is 0 Å². The standard InChI is InChI=1S/C19H25N.2C2H6/c1-14(2)12-19(4,5)18-9-7-6-8-16(18)17-13-20-11-10-15(17)3;2*1-2/h6-11,13-14H,12H2,1-5H3;2*1-2H3. The second-order valence-corrected chi connectivity index (χ2v) is 6.72. The first-order valence-corrected chi connectivity index (χ1v) is 9.42. The summed E-state index contributed by atoms with van der Waals surface area (Å²) >= 11 is 0. The Morgan fingerprint density at radius 2 is 1.50 bits per heavy atom. The number of aryl methyl sites for hydroxylation is 1. The van der Waals surface area contributed by atoms with Crippen molar-refractivity contribution in [3.05, 3.63) is 53.9 Å². The minimum absolute atomic E-state index is 0.174. The van der Waals surface area contributed by atoms with E-state index in [1.165, 1.54) is 28.7 Å². The number of benzene rings is 1. The Morgan fingerprint density at radius 1 is 0.917 bits per heavy atom. The molecule has 2 aromatic rings. The fourth-order valence-electron chi connectivity index (χ4n) is 3.18. The third kappa shape index (κ3) is 6.11. The van der Waals surface area contributed by atoms with Gasteiger partial charge in [0.1, 0.15) is 0 Å². The number of hydrogen-bond donors (Lipinski definition) is 0. The summed E-state index contributed by atoms with van der Waals surface area (Å²) in [6.45, 7) is 19.4. The number of pyridine rings is 1. The van der Waals surface area contributed by atoms with E-state index in [2.05, 4.69) is 69.9 Å². The van der Waals surface area contributed by atoms with E-state index in [0.717, 1.165) is 0 Å². The van der Waals surface area contributed by atoms with Gasteiger partial charge in [-0.25, -0.2) is 0 Å². The van der Waals surface area contributed by atoms with Crippen molar-refractivity contribution in [1.82, 2.24) is 4.98 Å². The highest BCUT2D eigenvalue weighted by Gasteiger charge is 2.25. The van der Waals surface area contributed by atoms with E-state index in [0.29, 0.717) is 5.92 Å². The lowest BCUT2D eigenvalue weighted by atomic mass is 9.75. The zero-order valence-electron chi connectivity index (χ0n) is 17.3. The van der Waals surface area contributed by atoms with Gasteiger partial charge in [0.15, 0.2) is 0 Å². The lowest BCUT2D eigenvalue weighted by Gasteiger charge is -2.30. The lowest BCUT2D eigenvalue weighted by Crippen LogP contribution is -2.20. The second kappa shape index (κ2) is 11.0. The summed E-state index contributed by atoms with van der Waals surface area (Å²) in [6, 6.07) is 10.8. The maximum atomic E-state index is 4.31. The molecule has 0 spiro atoms. The minimum Gasteiger partial charge on any atom is -0.264 e. The third-order valence-electron chi connectivity index (χ3n) is 3.90. The SMILES string of the molecule is CC.CC.Cc1ccncc1-c1ccccc1C(C)(C)CC(C)C. The molecule has 0 atom stereocenters. The van der Waals surface area contributed by atoms with Crippen molar-refractivity contribution >= 4 is 0 Å². The van der Waals surface area contributed by atoms with Crippen LogP contribution < -0.4 is 0 Å². The van der Waals surface area contributed by atoms with Gasteiger partial charge in [0, 0.05) is 18.0 Å². The number of hydrogen-bond acceptors (Lipinski definition) is 1. The van der Waals surface area contributed by atoms with E-state index in [-0.39, 0.29) is 5.41 Å². The third-order valence-corrected chi connectivity index (χ3v) is 3.90. The van der Waals surface area contributed by atoms with Gasteiger partial charge in [0.2, 0.25) is 0 Å². The molecule has 0 N–H and O–H groups in total. The van der Waals surface area contributed by atoms with Crippen molar-refractivity contribution in [3.8, 4) is 11.1 Å². The highest BCUT2D eigenvalue weighted by molar-refractivity contribution is 5.70. The van der Waals surface area contributed by atoms with Crippen LogP contribution in [0.2, 0.25) is 0 Å². The van der Waals surface area contributed by atoms with Gasteiger partial charge in [-0.15, -0.1) is 0 Å². The highest BCUT2D eigenvalue weighted by atomic mass is 14.6. The molecule has 1 aromatic carbocycles. The Kier molecular flexibility index (Phi) is 10.3. The van der Waals surface area contributed by atoms with Crippen LogP contribution >= 0.6 is 0 Å². The summed E-state index contributed by atoms with van der Waals surface area (Å²) in [5.74, 6) is 0.688. The molecule has 0 radical (unpaired) electrons. The van der Waals surface area contributed by atoms with E-state index in [1.807, 2.05) is 40.1 Å². The van der Waals surface area contributed by atoms with Gasteiger partial charge >= 0.3 is 0 Å². The quantitative estimate of drug-likeness (QED) is 0.569. The maximum absolute atomic E-state index is 4.31. The summed E-state index contributed by atoms with van der Waals surface area (Å²) in [7, 11) is 0. The van der Waals surface area contributed by atoms with Crippen LogP contribution in [0.1, 0.15) is 72.9 Å². The minimum atomic E-state index is 0.174. The van der Waals surface area contributed by atoms with Crippen molar-refractivity contribution in [2.24, 2.45) is 5.92 Å². The van der Waals surface area contributed by atoms with Crippen molar-refractivity contribution in [3.63, 3.8) is 0 Å². The molecule has 1 heteroatoms. The fourth-order valence-corrected chi connectivity index (χ4v) is 3.18. The Hall–Kier alpha value is -1.63. The normalized spacial score (nSPS) is 10.4. The predicted molar refractivity (Wildman–Crippen MR) is 110 cm³/mol. The molecule has 0 aliphatic rings. The van der Waals surface area contributed by atoms with Crippen LogP contribution in [0.4, 0.5) is 0 Å². The first-order valence-electron chi connectivity index (χ1n) is 9.42. The molecule has 2 rings (SSSR count). The fraction of sp³-hybridized carbons (Fsp3) is 0.522. The highest BCUT2D eigenvalue weighted by Crippen LogP contribution is 2.37. The second-order valence-electron chi connectivity index (χ2n) is 6.72. The monoisotopic (exact) mass is 327 g/mol. The topological polar surface area (TPSA) is 12.9 Å². The van der Waals surface area contributed by atoms with Crippen LogP contribution in [0.3, 0.4) is 0 Å².